The molecule has 0 saturated heterocycles. The van der Waals surface area contributed by atoms with Crippen LogP contribution in [0, 0.1) is 5.92 Å². The van der Waals surface area contributed by atoms with Crippen molar-refractivity contribution in [3.63, 3.8) is 0 Å². The third kappa shape index (κ3) is 3.69. The number of nitrogens with one attached hydrogen (secondary N) is 2. The minimum absolute atomic E-state index is 0.00695. The molecule has 2 atom stereocenters. The van der Waals surface area contributed by atoms with Gasteiger partial charge in [-0.1, -0.05) is 31.0 Å². The van der Waals surface area contributed by atoms with Gasteiger partial charge in [-0.25, -0.2) is 0 Å². The number of carbonyl (C=O) groups is 2. The molecular weight excluding hydrogens is 316 g/mol. The molecule has 1 aromatic heterocycles. The van der Waals surface area contributed by atoms with Gasteiger partial charge in [0.2, 0.25) is 5.91 Å². The second-order valence-corrected chi connectivity index (χ2v) is 6.70. The lowest BCUT2D eigenvalue weighted by Gasteiger charge is -2.31. The van der Waals surface area contributed by atoms with E-state index < -0.39 is 0 Å². The smallest absolute Gasteiger partial charge is 0.268 e. The Balaban J connectivity index is 1.75. The lowest BCUT2D eigenvalue weighted by atomic mass is 9.83. The topological polar surface area (TPSA) is 89.2 Å². The number of aromatic nitrogens is 1. The third-order valence-electron chi connectivity index (χ3n) is 5.05. The zero-order valence-electron chi connectivity index (χ0n) is 14.6. The number of nitrogens with zero attached hydrogens (tertiary/aromatic N) is 1. The number of para-hydroxylation sites is 1. The number of fused-ring (bicyclic) bond motifs is 1. The summed E-state index contributed by atoms with van der Waals surface area (Å²) in [4.78, 5) is 25.2. The van der Waals surface area contributed by atoms with Crippen molar-refractivity contribution in [2.45, 2.75) is 31.7 Å². The average molecular weight is 342 g/mol. The average Bonchev–Trinajstić information content (AvgIpc) is 2.97. The fraction of sp³-hybridized carbons (Fsp3) is 0.474. The van der Waals surface area contributed by atoms with Gasteiger partial charge in [0.05, 0.1) is 5.92 Å². The van der Waals surface area contributed by atoms with Crippen LogP contribution in [0.2, 0.25) is 0 Å². The van der Waals surface area contributed by atoms with Crippen molar-refractivity contribution in [3.05, 3.63) is 36.0 Å². The number of nitrogens with two attached hydrogens (primary N) is 1. The van der Waals surface area contributed by atoms with Crippen molar-refractivity contribution < 1.29 is 9.59 Å². The summed E-state index contributed by atoms with van der Waals surface area (Å²) in [6.07, 6.45) is 3.68. The van der Waals surface area contributed by atoms with E-state index in [-0.39, 0.29) is 23.8 Å². The number of amides is 2. The highest BCUT2D eigenvalue weighted by molar-refractivity contribution is 5.99. The van der Waals surface area contributed by atoms with Crippen molar-refractivity contribution in [2.24, 2.45) is 18.7 Å². The number of benzene rings is 1. The van der Waals surface area contributed by atoms with E-state index in [4.69, 9.17) is 5.73 Å². The highest BCUT2D eigenvalue weighted by atomic mass is 16.2. The Kier molecular flexibility index (Phi) is 5.38. The highest BCUT2D eigenvalue weighted by Gasteiger charge is 2.32. The van der Waals surface area contributed by atoms with E-state index in [9.17, 15) is 9.59 Å². The monoisotopic (exact) mass is 342 g/mol. The molecule has 25 heavy (non-hydrogen) atoms. The molecular formula is C19H26N4O2. The van der Waals surface area contributed by atoms with E-state index in [2.05, 4.69) is 10.6 Å². The quantitative estimate of drug-likeness (QED) is 0.770. The zero-order valence-corrected chi connectivity index (χ0v) is 14.6. The number of hydrogen-bond donors (Lipinski definition) is 3. The van der Waals surface area contributed by atoms with E-state index >= 15 is 0 Å². The first kappa shape index (κ1) is 17.5. The lowest BCUT2D eigenvalue weighted by Crippen LogP contribution is -2.49. The fourth-order valence-electron chi connectivity index (χ4n) is 3.69. The van der Waals surface area contributed by atoms with Crippen molar-refractivity contribution in [2.75, 3.05) is 13.1 Å². The second kappa shape index (κ2) is 7.70. The normalized spacial score (nSPS) is 20.4. The van der Waals surface area contributed by atoms with E-state index in [1.807, 2.05) is 41.9 Å². The van der Waals surface area contributed by atoms with Gasteiger partial charge in [0.1, 0.15) is 5.69 Å². The molecule has 2 aromatic rings. The van der Waals surface area contributed by atoms with E-state index in [1.54, 1.807) is 0 Å². The van der Waals surface area contributed by atoms with Gasteiger partial charge in [0.15, 0.2) is 0 Å². The lowest BCUT2D eigenvalue weighted by molar-refractivity contribution is -0.126. The summed E-state index contributed by atoms with van der Waals surface area (Å²) in [7, 11) is 1.89. The predicted molar refractivity (Wildman–Crippen MR) is 98.2 cm³/mol. The van der Waals surface area contributed by atoms with Crippen LogP contribution in [0.5, 0.6) is 0 Å². The van der Waals surface area contributed by atoms with Crippen molar-refractivity contribution in [1.29, 1.82) is 0 Å². The fourth-order valence-corrected chi connectivity index (χ4v) is 3.69. The van der Waals surface area contributed by atoms with Gasteiger partial charge in [-0.3, -0.25) is 9.59 Å². The first-order chi connectivity index (χ1) is 12.1. The number of carbonyl (C=O) groups excluding carboxylic acids is 2. The van der Waals surface area contributed by atoms with E-state index in [1.165, 1.54) is 0 Å². The molecule has 0 aliphatic heterocycles. The van der Waals surface area contributed by atoms with Crippen LogP contribution in [-0.4, -0.2) is 35.5 Å². The van der Waals surface area contributed by atoms with Crippen LogP contribution in [0.4, 0.5) is 0 Å². The molecule has 1 saturated carbocycles. The summed E-state index contributed by atoms with van der Waals surface area (Å²) in [5.41, 5.74) is 7.10. The molecule has 1 fully saturated rings. The van der Waals surface area contributed by atoms with Crippen LogP contribution in [0.25, 0.3) is 10.9 Å². The van der Waals surface area contributed by atoms with E-state index in [0.29, 0.717) is 18.8 Å². The third-order valence-corrected chi connectivity index (χ3v) is 5.05. The first-order valence-electron chi connectivity index (χ1n) is 8.95. The SMILES string of the molecule is Cn1c(C(=O)NC2CCCCC2C(=O)NCCN)cc2ccccc21. The van der Waals surface area contributed by atoms with Gasteiger partial charge < -0.3 is 20.9 Å². The minimum Gasteiger partial charge on any atom is -0.355 e. The zero-order chi connectivity index (χ0) is 17.8. The Labute approximate surface area is 147 Å². The number of hydrogen-bond acceptors (Lipinski definition) is 3. The minimum atomic E-state index is -0.182. The van der Waals surface area contributed by atoms with Crippen molar-refractivity contribution in [1.82, 2.24) is 15.2 Å². The summed E-state index contributed by atoms with van der Waals surface area (Å²) >= 11 is 0. The Hall–Kier alpha value is -2.34. The molecule has 0 radical (unpaired) electrons. The van der Waals surface area contributed by atoms with Crippen LogP contribution >= 0.6 is 0 Å². The van der Waals surface area contributed by atoms with Gasteiger partial charge in [0.25, 0.3) is 5.91 Å². The molecule has 0 bridgehead atoms. The van der Waals surface area contributed by atoms with Crippen LogP contribution in [0.3, 0.4) is 0 Å². The largest absolute Gasteiger partial charge is 0.355 e. The predicted octanol–water partition coefficient (Wildman–Crippen LogP) is 1.54. The maximum absolute atomic E-state index is 12.8. The van der Waals surface area contributed by atoms with Crippen LogP contribution < -0.4 is 16.4 Å². The van der Waals surface area contributed by atoms with Gasteiger partial charge in [-0.05, 0) is 25.0 Å². The van der Waals surface area contributed by atoms with Gasteiger partial charge in [0, 0.05) is 37.1 Å². The molecule has 1 heterocycles. The summed E-state index contributed by atoms with van der Waals surface area (Å²) in [6, 6.07) is 9.69. The Bertz CT molecular complexity index is 768. The molecule has 2 unspecified atom stereocenters. The van der Waals surface area contributed by atoms with Gasteiger partial charge in [-0.15, -0.1) is 0 Å². The van der Waals surface area contributed by atoms with Crippen molar-refractivity contribution >= 4 is 22.7 Å². The molecule has 4 N–H and O–H groups in total. The van der Waals surface area contributed by atoms with Crippen molar-refractivity contribution in [3.8, 4) is 0 Å². The van der Waals surface area contributed by atoms with Gasteiger partial charge in [-0.2, -0.15) is 0 Å². The summed E-state index contributed by atoms with van der Waals surface area (Å²) in [6.45, 7) is 0.893. The molecule has 2 amide bonds. The Morgan fingerprint density at radius 2 is 2.00 bits per heavy atom. The Morgan fingerprint density at radius 1 is 1.24 bits per heavy atom. The molecule has 134 valence electrons. The number of aryl methyl sites for hydroxylation is 1. The molecule has 1 aliphatic carbocycles. The molecule has 3 rings (SSSR count). The molecule has 6 nitrogen and oxygen atoms in total. The summed E-state index contributed by atoms with van der Waals surface area (Å²) in [5, 5.41) is 6.99. The number of rotatable bonds is 5. The second-order valence-electron chi connectivity index (χ2n) is 6.70. The van der Waals surface area contributed by atoms with Crippen LogP contribution in [-0.2, 0) is 11.8 Å². The maximum atomic E-state index is 12.8. The Morgan fingerprint density at radius 3 is 2.76 bits per heavy atom. The molecule has 0 spiro atoms. The van der Waals surface area contributed by atoms with Gasteiger partial charge >= 0.3 is 0 Å². The van der Waals surface area contributed by atoms with E-state index in [0.717, 1.165) is 36.6 Å². The molecule has 6 heteroatoms. The highest BCUT2D eigenvalue weighted by Crippen LogP contribution is 2.25. The summed E-state index contributed by atoms with van der Waals surface area (Å²) < 4.78 is 1.90. The van der Waals surface area contributed by atoms with Crippen LogP contribution in [0.1, 0.15) is 36.2 Å². The molecule has 1 aliphatic rings. The first-order valence-corrected chi connectivity index (χ1v) is 8.95. The summed E-state index contributed by atoms with van der Waals surface area (Å²) in [5.74, 6) is -0.311. The maximum Gasteiger partial charge on any atom is 0.268 e. The molecule has 1 aromatic carbocycles. The standard InChI is InChI=1S/C19H26N4O2/c1-23-16-9-5-2-6-13(16)12-17(23)19(25)22-15-8-4-3-7-14(15)18(24)21-11-10-20/h2,5-6,9,12,14-15H,3-4,7-8,10-11,20H2,1H3,(H,21,24)(H,22,25). The van der Waals surface area contributed by atoms with Crippen LogP contribution in [0.15, 0.2) is 30.3 Å².